The lowest BCUT2D eigenvalue weighted by Gasteiger charge is -2.27. The van der Waals surface area contributed by atoms with Gasteiger partial charge in [-0.1, -0.05) is 17.7 Å². The SMILES string of the molecule is CC(C)N1NN(C(C)C)c2c(NCc3ccc(Cl)c(O)c3O)nc(N3CCC[C@@H]3CO)nc21. The van der Waals surface area contributed by atoms with E-state index >= 15 is 0 Å². The van der Waals surface area contributed by atoms with Crippen molar-refractivity contribution < 1.29 is 15.3 Å². The minimum absolute atomic E-state index is 0.0174. The Bertz CT molecular complexity index is 1020. The second-order valence-corrected chi connectivity index (χ2v) is 9.41. The maximum atomic E-state index is 10.3. The summed E-state index contributed by atoms with van der Waals surface area (Å²) >= 11 is 5.90. The van der Waals surface area contributed by atoms with Gasteiger partial charge in [-0.15, -0.1) is 5.53 Å². The van der Waals surface area contributed by atoms with Crippen LogP contribution in [0.3, 0.4) is 0 Å². The number of hydrazine groups is 2. The third kappa shape index (κ3) is 4.30. The fourth-order valence-electron chi connectivity index (χ4n) is 4.23. The van der Waals surface area contributed by atoms with Gasteiger partial charge in [-0.05, 0) is 46.6 Å². The van der Waals surface area contributed by atoms with Crippen LogP contribution in [0.25, 0.3) is 0 Å². The van der Waals surface area contributed by atoms with Crippen molar-refractivity contribution in [1.82, 2.24) is 15.5 Å². The number of nitrogens with zero attached hydrogens (tertiary/aromatic N) is 5. The topological polar surface area (TPSA) is 120 Å². The van der Waals surface area contributed by atoms with Crippen molar-refractivity contribution >= 4 is 34.9 Å². The number of hydrogen-bond acceptors (Lipinski definition) is 10. The van der Waals surface area contributed by atoms with Crippen LogP contribution >= 0.6 is 11.6 Å². The first-order valence-electron chi connectivity index (χ1n) is 11.3. The van der Waals surface area contributed by atoms with Crippen LogP contribution in [0.5, 0.6) is 11.5 Å². The van der Waals surface area contributed by atoms with Crippen molar-refractivity contribution in [3.05, 3.63) is 22.7 Å². The maximum Gasteiger partial charge on any atom is 0.229 e. The third-order valence-corrected chi connectivity index (χ3v) is 6.35. The number of aromatic nitrogens is 2. The van der Waals surface area contributed by atoms with E-state index in [1.54, 1.807) is 12.1 Å². The molecular weight excluding hydrogens is 446 g/mol. The van der Waals surface area contributed by atoms with E-state index in [0.717, 1.165) is 30.9 Å². The number of phenolic OH excluding ortho intramolecular Hbond substituents is 2. The number of nitrogens with one attached hydrogen (secondary N) is 2. The molecule has 2 aliphatic rings. The standard InChI is InChI=1S/C22H32ClN7O3/c1-12(2)29-17-20(24-10-14-7-8-16(23)19(33)18(14)32)25-22(28-9-5-6-15(28)11-31)26-21(17)30(27-29)13(3)4/h7-8,12-13,15,27,31-33H,5-6,9-11H2,1-4H3,(H,24,25,26)/t15-/m1/s1. The summed E-state index contributed by atoms with van der Waals surface area (Å²) in [6.07, 6.45) is 1.86. The maximum absolute atomic E-state index is 10.3. The first-order chi connectivity index (χ1) is 15.7. The van der Waals surface area contributed by atoms with Gasteiger partial charge in [0.15, 0.2) is 23.1 Å². The Morgan fingerprint density at radius 2 is 1.85 bits per heavy atom. The number of aliphatic hydroxyl groups excluding tert-OH is 1. The number of benzene rings is 1. The highest BCUT2D eigenvalue weighted by atomic mass is 35.5. The fourth-order valence-corrected chi connectivity index (χ4v) is 4.38. The number of rotatable bonds is 7. The van der Waals surface area contributed by atoms with Gasteiger partial charge in [-0.2, -0.15) is 9.97 Å². The lowest BCUT2D eigenvalue weighted by Crippen LogP contribution is -2.50. The Kier molecular flexibility index (Phi) is 6.60. The van der Waals surface area contributed by atoms with Crippen LogP contribution in [0.2, 0.25) is 5.02 Å². The number of fused-ring (bicyclic) bond motifs is 1. The van der Waals surface area contributed by atoms with Crippen LogP contribution in [0, 0.1) is 0 Å². The molecule has 0 aliphatic carbocycles. The van der Waals surface area contributed by atoms with Gasteiger partial charge in [0.1, 0.15) is 5.69 Å². The Hall–Kier alpha value is -2.69. The highest BCUT2D eigenvalue weighted by Crippen LogP contribution is 2.42. The van der Waals surface area contributed by atoms with E-state index in [0.29, 0.717) is 17.3 Å². The molecular formula is C22H32ClN7O3. The summed E-state index contributed by atoms with van der Waals surface area (Å²) in [5, 5.41) is 37.6. The second kappa shape index (κ2) is 9.28. The zero-order chi connectivity index (χ0) is 23.9. The normalized spacial score (nSPS) is 18.1. The zero-order valence-electron chi connectivity index (χ0n) is 19.4. The molecule has 1 aromatic heterocycles. The number of phenols is 2. The van der Waals surface area contributed by atoms with Crippen molar-refractivity contribution in [2.24, 2.45) is 0 Å². The molecule has 0 spiro atoms. The van der Waals surface area contributed by atoms with Crippen molar-refractivity contribution in [1.29, 1.82) is 0 Å². The van der Waals surface area contributed by atoms with Gasteiger partial charge < -0.3 is 25.5 Å². The van der Waals surface area contributed by atoms with E-state index in [-0.39, 0.29) is 47.8 Å². The predicted molar refractivity (Wildman–Crippen MR) is 130 cm³/mol. The van der Waals surface area contributed by atoms with Crippen LogP contribution < -0.4 is 25.8 Å². The van der Waals surface area contributed by atoms with Crippen LogP contribution in [-0.4, -0.2) is 56.6 Å². The van der Waals surface area contributed by atoms with E-state index in [1.165, 1.54) is 0 Å². The van der Waals surface area contributed by atoms with Gasteiger partial charge in [0.05, 0.1) is 17.7 Å². The van der Waals surface area contributed by atoms with Crippen LogP contribution in [-0.2, 0) is 6.54 Å². The molecule has 1 fully saturated rings. The number of halogens is 1. The summed E-state index contributed by atoms with van der Waals surface area (Å²) in [4.78, 5) is 11.8. The van der Waals surface area contributed by atoms with Gasteiger partial charge in [-0.25, -0.2) is 0 Å². The Balaban J connectivity index is 1.77. The molecule has 11 heteroatoms. The Morgan fingerprint density at radius 3 is 2.52 bits per heavy atom. The molecule has 4 rings (SSSR count). The minimum Gasteiger partial charge on any atom is -0.504 e. The van der Waals surface area contributed by atoms with E-state index < -0.39 is 0 Å². The summed E-state index contributed by atoms with van der Waals surface area (Å²) in [5.41, 5.74) is 4.71. The van der Waals surface area contributed by atoms with Crippen molar-refractivity contribution in [2.75, 3.05) is 33.4 Å². The zero-order valence-corrected chi connectivity index (χ0v) is 20.1. The second-order valence-electron chi connectivity index (χ2n) is 9.00. The van der Waals surface area contributed by atoms with Crippen molar-refractivity contribution in [3.8, 4) is 11.5 Å². The Labute approximate surface area is 198 Å². The molecule has 2 aliphatic heterocycles. The lowest BCUT2D eigenvalue weighted by molar-refractivity contribution is 0.265. The average molecular weight is 478 g/mol. The number of aromatic hydroxyl groups is 2. The lowest BCUT2D eigenvalue weighted by atomic mass is 10.2. The highest BCUT2D eigenvalue weighted by molar-refractivity contribution is 6.32. The molecule has 0 unspecified atom stereocenters. The number of aliphatic hydroxyl groups is 1. The summed E-state index contributed by atoms with van der Waals surface area (Å²) in [7, 11) is 0. The van der Waals surface area contributed by atoms with Crippen molar-refractivity contribution in [2.45, 2.75) is 65.2 Å². The van der Waals surface area contributed by atoms with Gasteiger partial charge in [-0.3, -0.25) is 10.0 Å². The summed E-state index contributed by atoms with van der Waals surface area (Å²) in [5.74, 6) is 1.29. The first-order valence-corrected chi connectivity index (χ1v) is 11.7. The molecule has 2 aromatic rings. The third-order valence-electron chi connectivity index (χ3n) is 6.05. The van der Waals surface area contributed by atoms with Gasteiger partial charge in [0.25, 0.3) is 0 Å². The van der Waals surface area contributed by atoms with Crippen LogP contribution in [0.15, 0.2) is 12.1 Å². The van der Waals surface area contributed by atoms with E-state index in [4.69, 9.17) is 21.6 Å². The molecule has 0 bridgehead atoms. The molecule has 0 saturated carbocycles. The smallest absolute Gasteiger partial charge is 0.229 e. The molecule has 1 aromatic carbocycles. The minimum atomic E-state index is -0.344. The predicted octanol–water partition coefficient (Wildman–Crippen LogP) is 2.98. The fraction of sp³-hybridized carbons (Fsp3) is 0.545. The van der Waals surface area contributed by atoms with Crippen molar-refractivity contribution in [3.63, 3.8) is 0 Å². The highest BCUT2D eigenvalue weighted by Gasteiger charge is 2.36. The molecule has 1 saturated heterocycles. The summed E-state index contributed by atoms with van der Waals surface area (Å²) in [6.45, 7) is 9.35. The molecule has 180 valence electrons. The number of hydrogen-bond donors (Lipinski definition) is 5. The molecule has 33 heavy (non-hydrogen) atoms. The molecule has 10 nitrogen and oxygen atoms in total. The summed E-state index contributed by atoms with van der Waals surface area (Å²) in [6, 6.07) is 3.44. The van der Waals surface area contributed by atoms with E-state index in [9.17, 15) is 15.3 Å². The molecule has 3 heterocycles. The van der Waals surface area contributed by atoms with E-state index in [1.807, 2.05) is 14.9 Å². The molecule has 0 radical (unpaired) electrons. The number of anilines is 4. The molecule has 5 N–H and O–H groups in total. The van der Waals surface area contributed by atoms with Gasteiger partial charge in [0.2, 0.25) is 5.95 Å². The summed E-state index contributed by atoms with van der Waals surface area (Å²) < 4.78 is 0. The van der Waals surface area contributed by atoms with Crippen LogP contribution in [0.4, 0.5) is 23.3 Å². The monoisotopic (exact) mass is 477 g/mol. The largest absolute Gasteiger partial charge is 0.504 e. The average Bonchev–Trinajstić information content (AvgIpc) is 3.41. The quantitative estimate of drug-likeness (QED) is 0.380. The van der Waals surface area contributed by atoms with Gasteiger partial charge in [0, 0.05) is 30.7 Å². The molecule has 0 amide bonds. The first kappa shape index (κ1) is 23.5. The van der Waals surface area contributed by atoms with Crippen LogP contribution in [0.1, 0.15) is 46.1 Å². The van der Waals surface area contributed by atoms with E-state index in [2.05, 4.69) is 38.5 Å². The van der Waals surface area contributed by atoms with Gasteiger partial charge >= 0.3 is 0 Å². The Morgan fingerprint density at radius 1 is 1.12 bits per heavy atom. The molecule has 1 atom stereocenters.